The van der Waals surface area contributed by atoms with Gasteiger partial charge in [-0.15, -0.1) is 0 Å². The number of rotatable bonds is 6. The molecule has 0 aliphatic heterocycles. The Morgan fingerprint density at radius 2 is 1.96 bits per heavy atom. The van der Waals surface area contributed by atoms with Crippen molar-refractivity contribution < 1.29 is 14.4 Å². The lowest BCUT2D eigenvalue weighted by Crippen LogP contribution is -2.00. The van der Waals surface area contributed by atoms with Crippen LogP contribution in [0.25, 0.3) is 11.0 Å². The summed E-state index contributed by atoms with van der Waals surface area (Å²) in [4.78, 5) is 18.1. The molecule has 0 aliphatic rings. The van der Waals surface area contributed by atoms with Crippen LogP contribution in [0.15, 0.2) is 41.5 Å². The van der Waals surface area contributed by atoms with Crippen molar-refractivity contribution in [3.8, 4) is 11.5 Å². The number of nitrogens with one attached hydrogen (secondary N) is 2. The molecule has 0 radical (unpaired) electrons. The van der Waals surface area contributed by atoms with Crippen molar-refractivity contribution in [2.45, 2.75) is 0 Å². The van der Waals surface area contributed by atoms with Crippen molar-refractivity contribution >= 4 is 28.9 Å². The van der Waals surface area contributed by atoms with Gasteiger partial charge >= 0.3 is 0 Å². The van der Waals surface area contributed by atoms with E-state index in [2.05, 4.69) is 20.5 Å². The molecule has 3 aromatic rings. The first-order valence-electron chi connectivity index (χ1n) is 7.26. The summed E-state index contributed by atoms with van der Waals surface area (Å²) in [7, 11) is 2.87. The Hall–Kier alpha value is -3.62. The zero-order valence-corrected chi connectivity index (χ0v) is 13.5. The number of aromatic nitrogens is 2. The molecule has 0 aliphatic carbocycles. The molecule has 0 saturated heterocycles. The number of fused-ring (bicyclic) bond motifs is 1. The molecule has 0 saturated carbocycles. The van der Waals surface area contributed by atoms with Gasteiger partial charge in [0.1, 0.15) is 0 Å². The summed E-state index contributed by atoms with van der Waals surface area (Å²) in [6, 6.07) is 10.3. The molecule has 2 N–H and O–H groups in total. The molecule has 0 fully saturated rings. The Balaban J connectivity index is 1.87. The smallest absolute Gasteiger partial charge is 0.282 e. The molecule has 1 heterocycles. The lowest BCUT2D eigenvalue weighted by Gasteiger charge is -2.08. The maximum Gasteiger partial charge on any atom is 0.282 e. The number of aromatic amines is 1. The number of anilines is 1. The number of nitrogens with zero attached hydrogens (tertiary/aromatic N) is 3. The predicted octanol–water partition coefficient (Wildman–Crippen LogP) is 2.93. The van der Waals surface area contributed by atoms with E-state index in [1.54, 1.807) is 0 Å². The van der Waals surface area contributed by atoms with Crippen LogP contribution >= 0.6 is 0 Å². The van der Waals surface area contributed by atoms with E-state index in [9.17, 15) is 10.1 Å². The number of nitro groups is 1. The normalized spacial score (nSPS) is 11.0. The molecule has 3 rings (SSSR count). The van der Waals surface area contributed by atoms with E-state index in [1.165, 1.54) is 32.6 Å². The predicted molar refractivity (Wildman–Crippen MR) is 93.5 cm³/mol. The van der Waals surface area contributed by atoms with E-state index in [0.29, 0.717) is 11.7 Å². The number of imidazole rings is 1. The topological polar surface area (TPSA) is 115 Å². The number of nitro benzene ring substituents is 1. The van der Waals surface area contributed by atoms with Crippen LogP contribution in [-0.2, 0) is 0 Å². The van der Waals surface area contributed by atoms with Crippen molar-refractivity contribution in [1.29, 1.82) is 0 Å². The highest BCUT2D eigenvalue weighted by Gasteiger charge is 2.18. The summed E-state index contributed by atoms with van der Waals surface area (Å²) in [5.41, 5.74) is 4.49. The van der Waals surface area contributed by atoms with Crippen LogP contribution in [0.5, 0.6) is 11.5 Å². The van der Waals surface area contributed by atoms with Crippen LogP contribution in [0, 0.1) is 10.1 Å². The Morgan fingerprint density at radius 1 is 1.24 bits per heavy atom. The number of hydrogen-bond acceptors (Lipinski definition) is 7. The molecule has 0 unspecified atom stereocenters. The van der Waals surface area contributed by atoms with Gasteiger partial charge in [0.15, 0.2) is 11.5 Å². The quantitative estimate of drug-likeness (QED) is 0.405. The first-order valence-corrected chi connectivity index (χ1v) is 7.26. The summed E-state index contributed by atoms with van der Waals surface area (Å²) >= 11 is 0. The molecular weight excluding hydrogens is 326 g/mol. The van der Waals surface area contributed by atoms with Gasteiger partial charge in [-0.25, -0.2) is 10.4 Å². The maximum absolute atomic E-state index is 11.2. The lowest BCUT2D eigenvalue weighted by atomic mass is 10.1. The van der Waals surface area contributed by atoms with Crippen molar-refractivity contribution in [1.82, 2.24) is 9.97 Å². The van der Waals surface area contributed by atoms with E-state index in [1.807, 2.05) is 24.3 Å². The second-order valence-corrected chi connectivity index (χ2v) is 5.00. The summed E-state index contributed by atoms with van der Waals surface area (Å²) in [6.07, 6.45) is 1.33. The van der Waals surface area contributed by atoms with E-state index in [-0.39, 0.29) is 17.0 Å². The first kappa shape index (κ1) is 16.2. The third-order valence-electron chi connectivity index (χ3n) is 3.49. The number of benzene rings is 2. The summed E-state index contributed by atoms with van der Waals surface area (Å²) < 4.78 is 10.3. The molecule has 9 nitrogen and oxygen atoms in total. The number of methoxy groups -OCH3 is 2. The zero-order valence-electron chi connectivity index (χ0n) is 13.5. The van der Waals surface area contributed by atoms with Crippen molar-refractivity contribution in [3.63, 3.8) is 0 Å². The lowest BCUT2D eigenvalue weighted by molar-refractivity contribution is -0.385. The van der Waals surface area contributed by atoms with Crippen molar-refractivity contribution in [2.24, 2.45) is 5.10 Å². The summed E-state index contributed by atoms with van der Waals surface area (Å²) in [6.45, 7) is 0. The van der Waals surface area contributed by atoms with Crippen LogP contribution in [-0.4, -0.2) is 35.3 Å². The summed E-state index contributed by atoms with van der Waals surface area (Å²) in [5.74, 6) is 1.08. The fraction of sp³-hybridized carbons (Fsp3) is 0.125. The first-order chi connectivity index (χ1) is 12.1. The van der Waals surface area contributed by atoms with Crippen molar-refractivity contribution in [2.75, 3.05) is 19.6 Å². The molecule has 0 bridgehead atoms. The molecule has 2 aromatic carbocycles. The number of H-pyrrole nitrogens is 1. The van der Waals surface area contributed by atoms with Gasteiger partial charge in [-0.05, 0) is 18.2 Å². The van der Waals surface area contributed by atoms with Crippen LogP contribution in [0.3, 0.4) is 0 Å². The highest BCUT2D eigenvalue weighted by Crippen LogP contribution is 2.33. The fourth-order valence-electron chi connectivity index (χ4n) is 2.31. The second kappa shape index (κ2) is 6.87. The van der Waals surface area contributed by atoms with Gasteiger partial charge in [0.25, 0.3) is 5.69 Å². The van der Waals surface area contributed by atoms with Gasteiger partial charge in [-0.1, -0.05) is 12.1 Å². The Bertz CT molecular complexity index is 918. The Morgan fingerprint density at radius 3 is 2.64 bits per heavy atom. The third kappa shape index (κ3) is 3.34. The highest BCUT2D eigenvalue weighted by atomic mass is 16.6. The number of hydrogen-bond donors (Lipinski definition) is 2. The maximum atomic E-state index is 11.2. The van der Waals surface area contributed by atoms with Gasteiger partial charge in [0.05, 0.1) is 48.0 Å². The standard InChI is InChI=1S/C16H15N5O4/c1-24-14-7-10(13(21(22)23)8-15(14)25-2)9-17-20-16-18-11-5-3-4-6-12(11)19-16/h3-9H,1-2H3,(H2,18,19,20)/b17-9-. The minimum Gasteiger partial charge on any atom is -0.493 e. The Kier molecular flexibility index (Phi) is 4.46. The largest absolute Gasteiger partial charge is 0.493 e. The summed E-state index contributed by atoms with van der Waals surface area (Å²) in [5, 5.41) is 15.3. The van der Waals surface area contributed by atoms with Crippen LogP contribution < -0.4 is 14.9 Å². The van der Waals surface area contributed by atoms with Gasteiger partial charge in [0.2, 0.25) is 5.95 Å². The molecular formula is C16H15N5O4. The molecule has 128 valence electrons. The number of hydrazone groups is 1. The van der Waals surface area contributed by atoms with E-state index >= 15 is 0 Å². The highest BCUT2D eigenvalue weighted by molar-refractivity contribution is 5.87. The average Bonchev–Trinajstić information content (AvgIpc) is 3.03. The third-order valence-corrected chi connectivity index (χ3v) is 3.49. The zero-order chi connectivity index (χ0) is 17.8. The van der Waals surface area contributed by atoms with Gasteiger partial charge < -0.3 is 14.5 Å². The molecule has 25 heavy (non-hydrogen) atoms. The average molecular weight is 341 g/mol. The second-order valence-electron chi connectivity index (χ2n) is 5.00. The van der Waals surface area contributed by atoms with Crippen molar-refractivity contribution in [3.05, 3.63) is 52.1 Å². The van der Waals surface area contributed by atoms with Crippen LogP contribution in [0.1, 0.15) is 5.56 Å². The minimum absolute atomic E-state index is 0.146. The van der Waals surface area contributed by atoms with E-state index < -0.39 is 4.92 Å². The monoisotopic (exact) mass is 341 g/mol. The molecule has 0 spiro atoms. The van der Waals surface area contributed by atoms with Gasteiger partial charge in [0, 0.05) is 0 Å². The van der Waals surface area contributed by atoms with Gasteiger partial charge in [-0.3, -0.25) is 10.1 Å². The fourth-order valence-corrected chi connectivity index (χ4v) is 2.31. The number of ether oxygens (including phenoxy) is 2. The molecule has 0 amide bonds. The minimum atomic E-state index is -0.509. The molecule has 0 atom stereocenters. The SMILES string of the molecule is COc1cc(/C=N\Nc2nc3ccccc3[nH]2)c([N+](=O)[O-])cc1OC. The van der Waals surface area contributed by atoms with Crippen LogP contribution in [0.2, 0.25) is 0 Å². The molecule has 1 aromatic heterocycles. The number of para-hydroxylation sites is 2. The van der Waals surface area contributed by atoms with Gasteiger partial charge in [-0.2, -0.15) is 5.10 Å². The van der Waals surface area contributed by atoms with Crippen LogP contribution in [0.4, 0.5) is 11.6 Å². The van der Waals surface area contributed by atoms with E-state index in [0.717, 1.165) is 11.0 Å². The molecule has 9 heteroatoms. The Labute approximate surface area is 142 Å². The van der Waals surface area contributed by atoms with E-state index in [4.69, 9.17) is 9.47 Å².